The molecule has 0 bridgehead atoms. The first-order valence-corrected chi connectivity index (χ1v) is 8.22. The van der Waals surface area contributed by atoms with Gasteiger partial charge in [-0.25, -0.2) is 9.37 Å². The molecule has 0 saturated carbocycles. The number of amides is 1. The Labute approximate surface area is 139 Å². The zero-order chi connectivity index (χ0) is 16.5. The van der Waals surface area contributed by atoms with Crippen LogP contribution in [0.4, 0.5) is 4.39 Å². The molecule has 2 heterocycles. The van der Waals surface area contributed by atoms with Crippen molar-refractivity contribution >= 4 is 16.9 Å². The Balaban J connectivity index is 1.54. The number of carbonyl (C=O) groups excluding carboxylic acids is 1. The van der Waals surface area contributed by atoms with Crippen molar-refractivity contribution in [3.63, 3.8) is 0 Å². The summed E-state index contributed by atoms with van der Waals surface area (Å²) in [7, 11) is 0. The van der Waals surface area contributed by atoms with Gasteiger partial charge in [0, 0.05) is 25.1 Å². The minimum Gasteiger partial charge on any atom is -0.348 e. The van der Waals surface area contributed by atoms with Crippen LogP contribution in [0, 0.1) is 5.82 Å². The van der Waals surface area contributed by atoms with Gasteiger partial charge in [-0.05, 0) is 48.7 Å². The summed E-state index contributed by atoms with van der Waals surface area (Å²) >= 11 is 0. The van der Waals surface area contributed by atoms with E-state index in [0.717, 1.165) is 35.4 Å². The molecule has 0 atom stereocenters. The van der Waals surface area contributed by atoms with E-state index < -0.39 is 0 Å². The Morgan fingerprint density at radius 3 is 3.00 bits per heavy atom. The summed E-state index contributed by atoms with van der Waals surface area (Å²) in [6, 6.07) is 11.9. The maximum Gasteiger partial charge on any atom is 0.251 e. The predicted octanol–water partition coefficient (Wildman–Crippen LogP) is 3.44. The minimum atomic E-state index is -0.299. The van der Waals surface area contributed by atoms with Gasteiger partial charge in [0.1, 0.15) is 11.6 Å². The number of carbonyl (C=O) groups is 1. The highest BCUT2D eigenvalue weighted by Crippen LogP contribution is 2.23. The zero-order valence-corrected chi connectivity index (χ0v) is 13.3. The fourth-order valence-electron chi connectivity index (χ4n) is 3.25. The van der Waals surface area contributed by atoms with Gasteiger partial charge in [0.05, 0.1) is 11.0 Å². The number of fused-ring (bicyclic) bond motifs is 3. The summed E-state index contributed by atoms with van der Waals surface area (Å²) in [5.74, 6) is 0.632. The highest BCUT2D eigenvalue weighted by atomic mass is 19.1. The summed E-state index contributed by atoms with van der Waals surface area (Å²) in [5.41, 5.74) is 3.27. The van der Waals surface area contributed by atoms with E-state index in [0.29, 0.717) is 12.1 Å². The van der Waals surface area contributed by atoms with Gasteiger partial charge < -0.3 is 9.88 Å². The van der Waals surface area contributed by atoms with Crippen LogP contribution < -0.4 is 5.32 Å². The molecule has 24 heavy (non-hydrogen) atoms. The van der Waals surface area contributed by atoms with Gasteiger partial charge >= 0.3 is 0 Å². The Morgan fingerprint density at radius 2 is 2.12 bits per heavy atom. The molecule has 0 spiro atoms. The average molecular weight is 323 g/mol. The highest BCUT2D eigenvalue weighted by Gasteiger charge is 2.16. The number of hydrogen-bond donors (Lipinski definition) is 1. The van der Waals surface area contributed by atoms with Crippen molar-refractivity contribution in [2.24, 2.45) is 0 Å². The predicted molar refractivity (Wildman–Crippen MR) is 90.2 cm³/mol. The van der Waals surface area contributed by atoms with Crippen LogP contribution in [0.2, 0.25) is 0 Å². The number of nitrogens with one attached hydrogen (secondary N) is 1. The van der Waals surface area contributed by atoms with E-state index in [4.69, 9.17) is 0 Å². The zero-order valence-electron chi connectivity index (χ0n) is 13.3. The third-order valence-electron chi connectivity index (χ3n) is 4.46. The van der Waals surface area contributed by atoms with Crippen molar-refractivity contribution in [2.45, 2.75) is 32.4 Å². The number of aromatic nitrogens is 2. The standard InChI is InChI=1S/C19H18FN3O/c20-15-5-3-4-13(10-15)12-21-19(24)14-7-8-17-16(11-14)22-18-6-1-2-9-23(17)18/h3-5,7-8,10-11H,1-2,6,9,12H2,(H,21,24). The molecule has 0 aliphatic carbocycles. The molecule has 1 aliphatic heterocycles. The third-order valence-corrected chi connectivity index (χ3v) is 4.46. The monoisotopic (exact) mass is 323 g/mol. The second-order valence-corrected chi connectivity index (χ2v) is 6.15. The minimum absolute atomic E-state index is 0.174. The molecule has 4 rings (SSSR count). The van der Waals surface area contributed by atoms with Crippen molar-refractivity contribution in [1.82, 2.24) is 14.9 Å². The molecule has 0 fully saturated rings. The molecule has 1 amide bonds. The lowest BCUT2D eigenvalue weighted by Crippen LogP contribution is -2.22. The number of aryl methyl sites for hydroxylation is 2. The van der Waals surface area contributed by atoms with Gasteiger partial charge in [-0.1, -0.05) is 12.1 Å². The molecule has 0 radical (unpaired) electrons. The van der Waals surface area contributed by atoms with Crippen LogP contribution in [0.25, 0.3) is 11.0 Å². The smallest absolute Gasteiger partial charge is 0.251 e. The van der Waals surface area contributed by atoms with Crippen LogP contribution in [0.5, 0.6) is 0 Å². The number of rotatable bonds is 3. The van der Waals surface area contributed by atoms with E-state index in [1.807, 2.05) is 18.2 Å². The number of hydrogen-bond acceptors (Lipinski definition) is 2. The number of halogens is 1. The van der Waals surface area contributed by atoms with E-state index >= 15 is 0 Å². The first-order valence-electron chi connectivity index (χ1n) is 8.22. The quantitative estimate of drug-likeness (QED) is 0.802. The lowest BCUT2D eigenvalue weighted by atomic mass is 10.1. The van der Waals surface area contributed by atoms with Gasteiger partial charge in [-0.15, -0.1) is 0 Å². The maximum absolute atomic E-state index is 13.2. The summed E-state index contributed by atoms with van der Waals surface area (Å²) in [6.07, 6.45) is 3.34. The average Bonchev–Trinajstić information content (AvgIpc) is 2.97. The van der Waals surface area contributed by atoms with Crippen LogP contribution in [-0.4, -0.2) is 15.5 Å². The van der Waals surface area contributed by atoms with E-state index in [9.17, 15) is 9.18 Å². The van der Waals surface area contributed by atoms with Gasteiger partial charge in [-0.2, -0.15) is 0 Å². The van der Waals surface area contributed by atoms with Gasteiger partial charge in [0.25, 0.3) is 5.91 Å². The SMILES string of the molecule is O=C(NCc1cccc(F)c1)c1ccc2c(c1)nc1n2CCCC1. The molecule has 1 aromatic heterocycles. The first kappa shape index (κ1) is 14.9. The highest BCUT2D eigenvalue weighted by molar-refractivity contribution is 5.97. The number of nitrogens with zero attached hydrogens (tertiary/aromatic N) is 2. The van der Waals surface area contributed by atoms with E-state index in [-0.39, 0.29) is 11.7 Å². The number of imidazole rings is 1. The van der Waals surface area contributed by atoms with E-state index in [2.05, 4.69) is 14.9 Å². The lowest BCUT2D eigenvalue weighted by Gasteiger charge is -2.13. The van der Waals surface area contributed by atoms with Crippen LogP contribution in [0.15, 0.2) is 42.5 Å². The van der Waals surface area contributed by atoms with Crippen molar-refractivity contribution in [3.05, 3.63) is 65.2 Å². The topological polar surface area (TPSA) is 46.9 Å². The molecular weight excluding hydrogens is 305 g/mol. The van der Waals surface area contributed by atoms with Gasteiger partial charge in [0.2, 0.25) is 0 Å². The summed E-state index contributed by atoms with van der Waals surface area (Å²) in [4.78, 5) is 17.0. The molecule has 4 nitrogen and oxygen atoms in total. The second kappa shape index (κ2) is 6.07. The Hall–Kier alpha value is -2.69. The molecule has 0 unspecified atom stereocenters. The molecule has 3 aromatic rings. The Kier molecular flexibility index (Phi) is 3.76. The Bertz CT molecular complexity index is 916. The number of benzene rings is 2. The van der Waals surface area contributed by atoms with E-state index in [1.165, 1.54) is 25.0 Å². The molecule has 1 aliphatic rings. The first-order chi connectivity index (χ1) is 11.7. The fraction of sp³-hybridized carbons (Fsp3) is 0.263. The molecule has 122 valence electrons. The molecule has 2 aromatic carbocycles. The molecule has 5 heteroatoms. The van der Waals surface area contributed by atoms with Crippen molar-refractivity contribution in [3.8, 4) is 0 Å². The van der Waals surface area contributed by atoms with Crippen LogP contribution in [0.1, 0.15) is 34.6 Å². The van der Waals surface area contributed by atoms with E-state index in [1.54, 1.807) is 12.1 Å². The van der Waals surface area contributed by atoms with Crippen molar-refractivity contribution < 1.29 is 9.18 Å². The normalized spacial score (nSPS) is 13.7. The maximum atomic E-state index is 13.2. The molecular formula is C19H18FN3O. The lowest BCUT2D eigenvalue weighted by molar-refractivity contribution is 0.0951. The fourth-order valence-corrected chi connectivity index (χ4v) is 3.25. The molecule has 1 N–H and O–H groups in total. The Morgan fingerprint density at radius 1 is 1.21 bits per heavy atom. The molecule has 0 saturated heterocycles. The summed E-state index contributed by atoms with van der Waals surface area (Å²) in [5, 5.41) is 2.83. The van der Waals surface area contributed by atoms with Gasteiger partial charge in [-0.3, -0.25) is 4.79 Å². The van der Waals surface area contributed by atoms with Crippen LogP contribution >= 0.6 is 0 Å². The largest absolute Gasteiger partial charge is 0.348 e. The third kappa shape index (κ3) is 2.77. The second-order valence-electron chi connectivity index (χ2n) is 6.15. The summed E-state index contributed by atoms with van der Waals surface area (Å²) in [6.45, 7) is 1.30. The summed E-state index contributed by atoms with van der Waals surface area (Å²) < 4.78 is 15.4. The van der Waals surface area contributed by atoms with Gasteiger partial charge in [0.15, 0.2) is 0 Å². The van der Waals surface area contributed by atoms with Crippen LogP contribution in [0.3, 0.4) is 0 Å². The van der Waals surface area contributed by atoms with Crippen LogP contribution in [-0.2, 0) is 19.5 Å². The van der Waals surface area contributed by atoms with Crippen molar-refractivity contribution in [1.29, 1.82) is 0 Å². The van der Waals surface area contributed by atoms with Crippen molar-refractivity contribution in [2.75, 3.05) is 0 Å².